The molecule has 1 aliphatic carbocycles. The normalized spacial score (nSPS) is 17.2. The average molecular weight is 566 g/mol. The Morgan fingerprint density at radius 3 is 2.44 bits per heavy atom. The number of carbonyl (C=O) groups is 2. The van der Waals surface area contributed by atoms with Gasteiger partial charge in [-0.2, -0.15) is 0 Å². The number of nitrogens with zero attached hydrogens (tertiary/aromatic N) is 3. The summed E-state index contributed by atoms with van der Waals surface area (Å²) in [6.45, 7) is 8.53. The number of hydrogen-bond acceptors (Lipinski definition) is 6. The number of aromatic amines is 1. The maximum absolute atomic E-state index is 13.2. The van der Waals surface area contributed by atoms with Gasteiger partial charge >= 0.3 is 11.8 Å². The Kier molecular flexibility index (Phi) is 8.99. The van der Waals surface area contributed by atoms with Crippen LogP contribution < -0.4 is 20.6 Å². The summed E-state index contributed by atoms with van der Waals surface area (Å²) in [5, 5.41) is 3.03. The first kappa shape index (κ1) is 30.0. The molecule has 10 nitrogen and oxygen atoms in total. The van der Waals surface area contributed by atoms with E-state index in [0.29, 0.717) is 25.9 Å². The van der Waals surface area contributed by atoms with Crippen LogP contribution in [-0.4, -0.2) is 66.3 Å². The van der Waals surface area contributed by atoms with E-state index in [2.05, 4.69) is 10.3 Å². The lowest BCUT2D eigenvalue weighted by Crippen LogP contribution is -2.38. The van der Waals surface area contributed by atoms with Gasteiger partial charge in [-0.3, -0.25) is 9.36 Å². The number of aromatic nitrogens is 2. The number of imidazole rings is 1. The molecule has 2 N–H and O–H groups in total. The molecule has 0 saturated heterocycles. The van der Waals surface area contributed by atoms with Crippen molar-refractivity contribution in [1.82, 2.24) is 14.5 Å². The molecular weight excluding hydrogens is 522 g/mol. The molecule has 0 spiro atoms. The zero-order valence-electron chi connectivity index (χ0n) is 25.2. The summed E-state index contributed by atoms with van der Waals surface area (Å²) in [7, 11) is 5.28. The van der Waals surface area contributed by atoms with Crippen molar-refractivity contribution in [3.8, 4) is 5.75 Å². The first-order valence-electron chi connectivity index (χ1n) is 14.2. The number of nitrogens with one attached hydrogen (secondary N) is 2. The highest BCUT2D eigenvalue weighted by Gasteiger charge is 2.29. The summed E-state index contributed by atoms with van der Waals surface area (Å²) in [6, 6.07) is 11.5. The second-order valence-corrected chi connectivity index (χ2v) is 12.0. The lowest BCUT2D eigenvalue weighted by atomic mass is 9.85. The molecule has 1 aliphatic rings. The van der Waals surface area contributed by atoms with E-state index in [4.69, 9.17) is 9.47 Å². The number of H-pyrrole nitrogens is 1. The third-order valence-electron chi connectivity index (χ3n) is 7.73. The van der Waals surface area contributed by atoms with Crippen molar-refractivity contribution in [2.75, 3.05) is 44.5 Å². The summed E-state index contributed by atoms with van der Waals surface area (Å²) in [6.07, 6.45) is 2.52. The first-order valence-corrected chi connectivity index (χ1v) is 14.2. The highest BCUT2D eigenvalue weighted by molar-refractivity contribution is 5.93. The fraction of sp³-hybridized carbons (Fsp3) is 0.516. The minimum Gasteiger partial charge on any atom is -0.496 e. The van der Waals surface area contributed by atoms with Crippen molar-refractivity contribution in [2.45, 2.75) is 65.0 Å². The lowest BCUT2D eigenvalue weighted by Gasteiger charge is -2.29. The maximum Gasteiger partial charge on any atom is 0.410 e. The topological polar surface area (TPSA) is 109 Å². The molecule has 3 aromatic rings. The van der Waals surface area contributed by atoms with Crippen molar-refractivity contribution < 1.29 is 19.1 Å². The average Bonchev–Trinajstić information content (AvgIpc) is 3.27. The van der Waals surface area contributed by atoms with E-state index in [1.54, 1.807) is 19.1 Å². The van der Waals surface area contributed by atoms with Gasteiger partial charge in [-0.25, -0.2) is 9.59 Å². The Morgan fingerprint density at radius 2 is 1.78 bits per heavy atom. The summed E-state index contributed by atoms with van der Waals surface area (Å²) in [5.41, 5.74) is 3.54. The van der Waals surface area contributed by atoms with E-state index >= 15 is 0 Å². The van der Waals surface area contributed by atoms with Crippen molar-refractivity contribution in [3.05, 3.63) is 52.4 Å². The van der Waals surface area contributed by atoms with E-state index in [-0.39, 0.29) is 29.6 Å². The molecule has 222 valence electrons. The summed E-state index contributed by atoms with van der Waals surface area (Å²) in [4.78, 5) is 45.2. The van der Waals surface area contributed by atoms with Crippen LogP contribution >= 0.6 is 0 Å². The van der Waals surface area contributed by atoms with E-state index in [0.717, 1.165) is 46.6 Å². The van der Waals surface area contributed by atoms with Gasteiger partial charge in [-0.1, -0.05) is 12.1 Å². The van der Waals surface area contributed by atoms with E-state index in [1.165, 1.54) is 0 Å². The molecule has 1 aromatic heterocycles. The Labute approximate surface area is 241 Å². The number of aryl methyl sites for hydroxylation is 1. The third-order valence-corrected chi connectivity index (χ3v) is 7.73. The second-order valence-electron chi connectivity index (χ2n) is 12.0. The molecule has 0 atom stereocenters. The SMILES string of the molecule is COc1cc(NC(=O)C2CCC(n3c(=O)[nH]c4c(N(C)CCN(C)C(=O)OC(C)(C)C)cccc43)CC2)ccc1C. The number of anilines is 2. The molecule has 41 heavy (non-hydrogen) atoms. The molecule has 1 saturated carbocycles. The monoisotopic (exact) mass is 565 g/mol. The Balaban J connectivity index is 1.41. The van der Waals surface area contributed by atoms with Crippen LogP contribution in [-0.2, 0) is 9.53 Å². The summed E-state index contributed by atoms with van der Waals surface area (Å²) >= 11 is 0. The zero-order valence-corrected chi connectivity index (χ0v) is 25.2. The number of ether oxygens (including phenoxy) is 2. The summed E-state index contributed by atoms with van der Waals surface area (Å²) in [5.74, 6) is 0.634. The molecule has 0 bridgehead atoms. The minimum absolute atomic E-state index is 0.000824. The van der Waals surface area contributed by atoms with Gasteiger partial charge in [0.1, 0.15) is 11.4 Å². The van der Waals surface area contributed by atoms with Gasteiger partial charge < -0.3 is 29.6 Å². The van der Waals surface area contributed by atoms with Gasteiger partial charge in [0, 0.05) is 50.9 Å². The Morgan fingerprint density at radius 1 is 1.07 bits per heavy atom. The predicted octanol–water partition coefficient (Wildman–Crippen LogP) is 5.32. The third kappa shape index (κ3) is 7.04. The van der Waals surface area contributed by atoms with Gasteiger partial charge in [0.2, 0.25) is 5.91 Å². The van der Waals surface area contributed by atoms with Crippen LogP contribution in [0.1, 0.15) is 58.1 Å². The largest absolute Gasteiger partial charge is 0.496 e. The molecular formula is C31H43N5O5. The van der Waals surface area contributed by atoms with Crippen LogP contribution in [0, 0.1) is 12.8 Å². The van der Waals surface area contributed by atoms with Gasteiger partial charge in [0.15, 0.2) is 0 Å². The molecule has 4 rings (SSSR count). The van der Waals surface area contributed by atoms with E-state index in [9.17, 15) is 14.4 Å². The van der Waals surface area contributed by atoms with Crippen molar-refractivity contribution in [1.29, 1.82) is 0 Å². The number of amides is 2. The Bertz CT molecular complexity index is 1450. The molecule has 2 aromatic carbocycles. The van der Waals surface area contributed by atoms with Gasteiger partial charge in [-0.05, 0) is 77.1 Å². The number of hydrogen-bond donors (Lipinski definition) is 2. The quantitative estimate of drug-likeness (QED) is 0.383. The predicted molar refractivity (Wildman–Crippen MR) is 162 cm³/mol. The van der Waals surface area contributed by atoms with Crippen molar-refractivity contribution in [3.63, 3.8) is 0 Å². The summed E-state index contributed by atoms with van der Waals surface area (Å²) < 4.78 is 12.7. The zero-order chi connectivity index (χ0) is 29.9. The molecule has 0 radical (unpaired) electrons. The highest BCUT2D eigenvalue weighted by Crippen LogP contribution is 2.35. The lowest BCUT2D eigenvalue weighted by molar-refractivity contribution is -0.121. The molecule has 1 fully saturated rings. The smallest absolute Gasteiger partial charge is 0.410 e. The molecule has 2 amide bonds. The van der Waals surface area contributed by atoms with Crippen LogP contribution in [0.2, 0.25) is 0 Å². The van der Waals surface area contributed by atoms with Crippen LogP contribution in [0.3, 0.4) is 0 Å². The highest BCUT2D eigenvalue weighted by atomic mass is 16.6. The second kappa shape index (κ2) is 12.3. The van der Waals surface area contributed by atoms with Crippen LogP contribution in [0.4, 0.5) is 16.2 Å². The number of methoxy groups -OCH3 is 1. The number of para-hydroxylation sites is 1. The van der Waals surface area contributed by atoms with Crippen molar-refractivity contribution >= 4 is 34.4 Å². The fourth-order valence-corrected chi connectivity index (χ4v) is 5.40. The first-order chi connectivity index (χ1) is 19.4. The molecule has 10 heteroatoms. The van der Waals surface area contributed by atoms with Gasteiger partial charge in [0.05, 0.1) is 23.8 Å². The number of rotatable bonds is 8. The van der Waals surface area contributed by atoms with Crippen LogP contribution in [0.5, 0.6) is 5.75 Å². The number of benzene rings is 2. The molecule has 0 aliphatic heterocycles. The van der Waals surface area contributed by atoms with Crippen LogP contribution in [0.15, 0.2) is 41.2 Å². The van der Waals surface area contributed by atoms with Gasteiger partial charge in [0.25, 0.3) is 0 Å². The fourth-order valence-electron chi connectivity index (χ4n) is 5.40. The standard InChI is InChI=1S/C31H43N5O5/c1-20-11-14-22(19-26(20)40-7)32-28(37)21-12-15-23(16-13-21)36-25-10-8-9-24(27(25)33-29(36)38)34(5)17-18-35(6)30(39)41-31(2,3)4/h8-11,14,19,21,23H,12-13,15-18H2,1-7H3,(H,32,37)(H,33,38). The van der Waals surface area contributed by atoms with Crippen molar-refractivity contribution in [2.24, 2.45) is 5.92 Å². The number of likely N-dealkylation sites (N-methyl/N-ethyl adjacent to an activating group) is 2. The van der Waals surface area contributed by atoms with Gasteiger partial charge in [-0.15, -0.1) is 0 Å². The maximum atomic E-state index is 13.2. The number of carbonyl (C=O) groups excluding carboxylic acids is 2. The minimum atomic E-state index is -0.552. The van der Waals surface area contributed by atoms with Crippen LogP contribution in [0.25, 0.3) is 11.0 Å². The number of fused-ring (bicyclic) bond motifs is 1. The molecule has 0 unspecified atom stereocenters. The van der Waals surface area contributed by atoms with E-state index < -0.39 is 5.60 Å². The Hall–Kier alpha value is -3.95. The van der Waals surface area contributed by atoms with E-state index in [1.807, 2.05) is 80.6 Å². The molecule has 1 heterocycles.